The average Bonchev–Trinajstić information content (AvgIpc) is 2.70. The highest BCUT2D eigenvalue weighted by molar-refractivity contribution is 6.32. The number of carbonyl (C=O) groups is 1. The van der Waals surface area contributed by atoms with Gasteiger partial charge in [0.1, 0.15) is 6.04 Å². The van der Waals surface area contributed by atoms with Crippen LogP contribution in [0.2, 0.25) is 5.02 Å². The lowest BCUT2D eigenvalue weighted by atomic mass is 10.1. The van der Waals surface area contributed by atoms with Crippen LogP contribution >= 0.6 is 11.6 Å². The molecule has 0 aliphatic carbocycles. The Morgan fingerprint density at radius 3 is 2.86 bits per heavy atom. The maximum Gasteiger partial charge on any atom is 0.327 e. The summed E-state index contributed by atoms with van der Waals surface area (Å²) in [4.78, 5) is 12.1. The standard InChI is InChI=1S/C15H20ClNO4/c1-3-17-13(15(18)19-4-2)10-8-11(16)14-12(9-10)20-6-5-7-21-14/h8-9,13,17H,3-7H2,1-2H3. The van der Waals surface area contributed by atoms with Gasteiger partial charge in [0.05, 0.1) is 24.8 Å². The van der Waals surface area contributed by atoms with Gasteiger partial charge in [0.15, 0.2) is 11.5 Å². The van der Waals surface area contributed by atoms with E-state index < -0.39 is 6.04 Å². The zero-order valence-corrected chi connectivity index (χ0v) is 13.0. The molecule has 1 heterocycles. The number of halogens is 1. The molecule has 0 spiro atoms. The van der Waals surface area contributed by atoms with Gasteiger partial charge >= 0.3 is 5.97 Å². The third-order valence-corrected chi connectivity index (χ3v) is 3.37. The van der Waals surface area contributed by atoms with E-state index in [-0.39, 0.29) is 5.97 Å². The first kappa shape index (κ1) is 15.9. The molecule has 0 saturated carbocycles. The van der Waals surface area contributed by atoms with Crippen LogP contribution in [-0.2, 0) is 9.53 Å². The van der Waals surface area contributed by atoms with E-state index in [2.05, 4.69) is 5.32 Å². The van der Waals surface area contributed by atoms with Crippen LogP contribution in [-0.4, -0.2) is 32.3 Å². The van der Waals surface area contributed by atoms with Crippen LogP contribution in [0.15, 0.2) is 12.1 Å². The van der Waals surface area contributed by atoms with Crippen molar-refractivity contribution in [3.8, 4) is 11.5 Å². The van der Waals surface area contributed by atoms with Crippen LogP contribution < -0.4 is 14.8 Å². The maximum absolute atomic E-state index is 12.1. The number of rotatable bonds is 5. The summed E-state index contributed by atoms with van der Waals surface area (Å²) in [6.07, 6.45) is 0.800. The molecule has 5 nitrogen and oxygen atoms in total. The predicted octanol–water partition coefficient (Wildman–Crippen LogP) is 2.72. The van der Waals surface area contributed by atoms with Crippen molar-refractivity contribution in [2.75, 3.05) is 26.4 Å². The minimum Gasteiger partial charge on any atom is -0.489 e. The Morgan fingerprint density at radius 2 is 2.14 bits per heavy atom. The first-order chi connectivity index (χ1) is 10.2. The van der Waals surface area contributed by atoms with E-state index in [0.717, 1.165) is 6.42 Å². The molecule has 6 heteroatoms. The summed E-state index contributed by atoms with van der Waals surface area (Å²) < 4.78 is 16.3. The summed E-state index contributed by atoms with van der Waals surface area (Å²) in [5, 5.41) is 3.54. The van der Waals surface area contributed by atoms with Crippen molar-refractivity contribution < 1.29 is 19.0 Å². The molecule has 1 N–H and O–H groups in total. The van der Waals surface area contributed by atoms with Gasteiger partial charge in [-0.3, -0.25) is 0 Å². The Morgan fingerprint density at radius 1 is 1.38 bits per heavy atom. The van der Waals surface area contributed by atoms with Crippen molar-refractivity contribution in [2.24, 2.45) is 0 Å². The molecule has 0 saturated heterocycles. The topological polar surface area (TPSA) is 56.8 Å². The first-order valence-corrected chi connectivity index (χ1v) is 7.54. The molecule has 0 fully saturated rings. The average molecular weight is 314 g/mol. The number of carbonyl (C=O) groups excluding carboxylic acids is 1. The molecule has 0 radical (unpaired) electrons. The van der Waals surface area contributed by atoms with Crippen molar-refractivity contribution in [1.29, 1.82) is 0 Å². The van der Waals surface area contributed by atoms with E-state index in [1.54, 1.807) is 19.1 Å². The molecule has 1 atom stereocenters. The largest absolute Gasteiger partial charge is 0.489 e. The monoisotopic (exact) mass is 313 g/mol. The third kappa shape index (κ3) is 3.80. The van der Waals surface area contributed by atoms with Crippen LogP contribution in [0.1, 0.15) is 31.9 Å². The van der Waals surface area contributed by atoms with E-state index in [1.807, 2.05) is 6.92 Å². The Labute approximate surface area is 129 Å². The van der Waals surface area contributed by atoms with Crippen molar-refractivity contribution in [2.45, 2.75) is 26.3 Å². The summed E-state index contributed by atoms with van der Waals surface area (Å²) in [7, 11) is 0. The van der Waals surface area contributed by atoms with Gasteiger partial charge in [0, 0.05) is 6.42 Å². The number of hydrogen-bond acceptors (Lipinski definition) is 5. The van der Waals surface area contributed by atoms with Gasteiger partial charge in [0.25, 0.3) is 0 Å². The van der Waals surface area contributed by atoms with Crippen LogP contribution in [0, 0.1) is 0 Å². The minimum atomic E-state index is -0.565. The molecule has 1 aromatic rings. The fourth-order valence-corrected chi connectivity index (χ4v) is 2.46. The highest BCUT2D eigenvalue weighted by Gasteiger charge is 2.25. The second-order valence-corrected chi connectivity index (χ2v) is 5.03. The van der Waals surface area contributed by atoms with Gasteiger partial charge in [-0.1, -0.05) is 18.5 Å². The Bertz CT molecular complexity index is 507. The molecule has 1 aromatic carbocycles. The van der Waals surface area contributed by atoms with Crippen molar-refractivity contribution >= 4 is 17.6 Å². The van der Waals surface area contributed by atoms with E-state index >= 15 is 0 Å². The molecule has 1 aliphatic rings. The molecule has 21 heavy (non-hydrogen) atoms. The van der Waals surface area contributed by atoms with E-state index in [9.17, 15) is 4.79 Å². The number of esters is 1. The van der Waals surface area contributed by atoms with Crippen molar-refractivity contribution in [3.63, 3.8) is 0 Å². The second-order valence-electron chi connectivity index (χ2n) is 4.62. The van der Waals surface area contributed by atoms with E-state index in [1.165, 1.54) is 0 Å². The summed E-state index contributed by atoms with van der Waals surface area (Å²) in [6, 6.07) is 2.94. The zero-order valence-electron chi connectivity index (χ0n) is 12.3. The lowest BCUT2D eigenvalue weighted by molar-refractivity contribution is -0.145. The highest BCUT2D eigenvalue weighted by Crippen LogP contribution is 2.39. The summed E-state index contributed by atoms with van der Waals surface area (Å²) in [6.45, 7) is 5.81. The maximum atomic E-state index is 12.1. The molecule has 0 amide bonds. The normalized spacial score (nSPS) is 15.2. The van der Waals surface area contributed by atoms with Gasteiger partial charge in [-0.2, -0.15) is 0 Å². The van der Waals surface area contributed by atoms with Crippen LogP contribution in [0.5, 0.6) is 11.5 Å². The van der Waals surface area contributed by atoms with E-state index in [4.69, 9.17) is 25.8 Å². The number of hydrogen-bond donors (Lipinski definition) is 1. The molecule has 1 aliphatic heterocycles. The Kier molecular flexibility index (Phi) is 5.70. The first-order valence-electron chi connectivity index (χ1n) is 7.16. The SMILES string of the molecule is CCNC(C(=O)OCC)c1cc(Cl)c2c(c1)OCCCO2. The quantitative estimate of drug-likeness (QED) is 0.847. The number of fused-ring (bicyclic) bond motifs is 1. The number of ether oxygens (including phenoxy) is 3. The van der Waals surface area contributed by atoms with Crippen LogP contribution in [0.25, 0.3) is 0 Å². The minimum absolute atomic E-state index is 0.329. The predicted molar refractivity (Wildman–Crippen MR) is 80.1 cm³/mol. The summed E-state index contributed by atoms with van der Waals surface area (Å²) in [5.41, 5.74) is 0.713. The molecular weight excluding hydrogens is 294 g/mol. The Hall–Kier alpha value is -1.46. The molecule has 1 unspecified atom stereocenters. The van der Waals surface area contributed by atoms with Gasteiger partial charge in [-0.05, 0) is 31.2 Å². The molecule has 2 rings (SSSR count). The summed E-state index contributed by atoms with van der Waals surface area (Å²) >= 11 is 6.26. The number of benzene rings is 1. The van der Waals surface area contributed by atoms with Crippen molar-refractivity contribution in [1.82, 2.24) is 5.32 Å². The van der Waals surface area contributed by atoms with Gasteiger partial charge < -0.3 is 19.5 Å². The fraction of sp³-hybridized carbons (Fsp3) is 0.533. The molecular formula is C15H20ClNO4. The van der Waals surface area contributed by atoms with Crippen LogP contribution in [0.3, 0.4) is 0 Å². The van der Waals surface area contributed by atoms with E-state index in [0.29, 0.717) is 48.5 Å². The zero-order chi connectivity index (χ0) is 15.2. The summed E-state index contributed by atoms with van der Waals surface area (Å²) in [5.74, 6) is 0.782. The van der Waals surface area contributed by atoms with Gasteiger partial charge in [-0.25, -0.2) is 4.79 Å². The van der Waals surface area contributed by atoms with Gasteiger partial charge in [0.2, 0.25) is 0 Å². The van der Waals surface area contributed by atoms with Crippen molar-refractivity contribution in [3.05, 3.63) is 22.7 Å². The van der Waals surface area contributed by atoms with Crippen LogP contribution in [0.4, 0.5) is 0 Å². The molecule has 116 valence electrons. The fourth-order valence-electron chi connectivity index (χ4n) is 2.18. The lowest BCUT2D eigenvalue weighted by Gasteiger charge is -2.19. The number of likely N-dealkylation sites (N-methyl/N-ethyl adjacent to an activating group) is 1. The third-order valence-electron chi connectivity index (χ3n) is 3.09. The highest BCUT2D eigenvalue weighted by atomic mass is 35.5. The lowest BCUT2D eigenvalue weighted by Crippen LogP contribution is -2.30. The smallest absolute Gasteiger partial charge is 0.327 e. The Balaban J connectivity index is 2.34. The second kappa shape index (κ2) is 7.52. The molecule has 0 aromatic heterocycles. The van der Waals surface area contributed by atoms with Gasteiger partial charge in [-0.15, -0.1) is 0 Å². The molecule has 0 bridgehead atoms. The number of nitrogens with one attached hydrogen (secondary N) is 1.